The van der Waals surface area contributed by atoms with Gasteiger partial charge in [-0.2, -0.15) is 9.98 Å². The highest BCUT2D eigenvalue weighted by Gasteiger charge is 2.40. The van der Waals surface area contributed by atoms with Gasteiger partial charge in [0.1, 0.15) is 28.9 Å². The number of hydrogen-bond donors (Lipinski definition) is 2. The molecule has 2 unspecified atom stereocenters. The van der Waals surface area contributed by atoms with Gasteiger partial charge in [-0.3, -0.25) is 15.5 Å². The van der Waals surface area contributed by atoms with Gasteiger partial charge in [0, 0.05) is 22.3 Å². The van der Waals surface area contributed by atoms with Crippen LogP contribution in [0.3, 0.4) is 0 Å². The molecule has 308 valence electrons. The quantitative estimate of drug-likeness (QED) is 0.175. The predicted molar refractivity (Wildman–Crippen MR) is 259 cm³/mol. The average molecular weight is 840 g/mol. The molecule has 0 radical (unpaired) electrons. The topological polar surface area (TPSA) is 79.6 Å². The van der Waals surface area contributed by atoms with Crippen molar-refractivity contribution in [1.82, 2.24) is 0 Å². The van der Waals surface area contributed by atoms with E-state index in [-0.39, 0.29) is 12.1 Å². The molecule has 4 N–H and O–H groups in total. The largest absolute Gasteiger partial charge is 0.452 e. The standard InChI is InChI=1S/C58H39N5O2/c1-3-14-36(15-4-1)38-28-32-40(33-29-38)52-42-18-7-9-22-46(42)59-57(61-52)44-20-11-24-48-55(44)64-50-26-13-27-51-54(50)63(48)49-25-12-21-45(56(49)65-51)58-60-47-23-10-8-19-43(47)53(62-58)41-34-30-39(31-35-41)37-16-5-2-6-17-37/h1-35,46,53H,(H,59,61)(H,60,62)/p+2. The second-order valence-corrected chi connectivity index (χ2v) is 16.8. The molecule has 8 aromatic carbocycles. The molecule has 13 rings (SSSR count). The first kappa shape index (κ1) is 37.2. The van der Waals surface area contributed by atoms with Gasteiger partial charge in [0.2, 0.25) is 11.7 Å². The molecule has 7 heteroatoms. The number of rotatable bonds is 6. The summed E-state index contributed by atoms with van der Waals surface area (Å²) < 4.78 is 13.9. The highest BCUT2D eigenvalue weighted by atomic mass is 16.5. The molecule has 1 aliphatic carbocycles. The van der Waals surface area contributed by atoms with Crippen LogP contribution in [0, 0.1) is 0 Å². The maximum Gasteiger partial charge on any atom is 0.236 e. The zero-order chi connectivity index (χ0) is 42.8. The Morgan fingerprint density at radius 3 is 1.68 bits per heavy atom. The smallest absolute Gasteiger partial charge is 0.236 e. The fourth-order valence-corrected chi connectivity index (χ4v) is 9.87. The van der Waals surface area contributed by atoms with E-state index in [9.17, 15) is 0 Å². The predicted octanol–water partition coefficient (Wildman–Crippen LogP) is 11.7. The second-order valence-electron chi connectivity index (χ2n) is 16.8. The van der Waals surface area contributed by atoms with Crippen LogP contribution >= 0.6 is 0 Å². The van der Waals surface area contributed by atoms with Crippen molar-refractivity contribution in [3.05, 3.63) is 246 Å². The fourth-order valence-electron chi connectivity index (χ4n) is 9.87. The number of quaternary nitrogens is 2. The molecule has 4 heterocycles. The number of para-hydroxylation sites is 4. The van der Waals surface area contributed by atoms with Crippen LogP contribution in [0.1, 0.15) is 33.9 Å². The number of nitrogens with two attached hydrogens (primary N) is 2. The van der Waals surface area contributed by atoms with Gasteiger partial charge in [0.05, 0.1) is 22.8 Å². The highest BCUT2D eigenvalue weighted by Crippen LogP contribution is 2.60. The molecule has 8 aromatic rings. The van der Waals surface area contributed by atoms with Crippen molar-refractivity contribution in [2.75, 3.05) is 4.90 Å². The zero-order valence-electron chi connectivity index (χ0n) is 35.2. The minimum absolute atomic E-state index is 0.00296. The van der Waals surface area contributed by atoms with Crippen molar-refractivity contribution in [2.45, 2.75) is 12.1 Å². The molecule has 0 spiro atoms. The number of amidine groups is 2. The summed E-state index contributed by atoms with van der Waals surface area (Å²) in [6, 6.07) is 66.0. The first-order chi connectivity index (χ1) is 32.2. The van der Waals surface area contributed by atoms with Crippen LogP contribution in [-0.4, -0.2) is 17.7 Å². The number of hydrogen-bond acceptors (Lipinski definition) is 5. The lowest BCUT2D eigenvalue weighted by molar-refractivity contribution is -0.577. The van der Waals surface area contributed by atoms with Gasteiger partial charge >= 0.3 is 0 Å². The Hall–Kier alpha value is -8.36. The number of anilines is 3. The number of ether oxygens (including phenoxy) is 2. The van der Waals surface area contributed by atoms with Crippen molar-refractivity contribution in [3.8, 4) is 45.3 Å². The minimum atomic E-state index is -0.00296. The van der Waals surface area contributed by atoms with E-state index in [1.54, 1.807) is 0 Å². The van der Waals surface area contributed by atoms with E-state index < -0.39 is 0 Å². The Labute approximate surface area is 376 Å². The molecule has 0 aromatic heterocycles. The van der Waals surface area contributed by atoms with Gasteiger partial charge < -0.3 is 9.47 Å². The van der Waals surface area contributed by atoms with Gasteiger partial charge in [-0.25, -0.2) is 0 Å². The number of allylic oxidation sites excluding steroid dienone is 2. The van der Waals surface area contributed by atoms with Crippen molar-refractivity contribution >= 4 is 40.1 Å². The van der Waals surface area contributed by atoms with Crippen LogP contribution < -0.4 is 25.0 Å². The first-order valence-corrected chi connectivity index (χ1v) is 22.1. The molecule has 65 heavy (non-hydrogen) atoms. The molecule has 0 amide bonds. The summed E-state index contributed by atoms with van der Waals surface area (Å²) in [5, 5.41) is 4.55. The van der Waals surface area contributed by atoms with Gasteiger partial charge in [-0.15, -0.1) is 0 Å². The van der Waals surface area contributed by atoms with Gasteiger partial charge in [0.25, 0.3) is 0 Å². The summed E-state index contributed by atoms with van der Waals surface area (Å²) in [5.74, 6) is 4.67. The van der Waals surface area contributed by atoms with E-state index in [4.69, 9.17) is 19.5 Å². The lowest BCUT2D eigenvalue weighted by atomic mass is 9.93. The third kappa shape index (κ3) is 6.28. The zero-order valence-corrected chi connectivity index (χ0v) is 35.2. The third-order valence-electron chi connectivity index (χ3n) is 13.0. The number of benzene rings is 8. The molecule has 5 aliphatic rings. The maximum atomic E-state index is 6.95. The van der Waals surface area contributed by atoms with Crippen molar-refractivity contribution in [1.29, 1.82) is 0 Å². The molecule has 0 saturated heterocycles. The van der Waals surface area contributed by atoms with E-state index in [0.717, 1.165) is 79.8 Å². The van der Waals surface area contributed by atoms with Crippen LogP contribution in [0.2, 0.25) is 0 Å². The van der Waals surface area contributed by atoms with E-state index >= 15 is 0 Å². The summed E-state index contributed by atoms with van der Waals surface area (Å²) in [7, 11) is 0. The van der Waals surface area contributed by atoms with Gasteiger partial charge in [-0.1, -0.05) is 164 Å². The number of nitrogens with zero attached hydrogens (tertiary/aromatic N) is 3. The van der Waals surface area contributed by atoms with Crippen LogP contribution in [0.5, 0.6) is 23.0 Å². The highest BCUT2D eigenvalue weighted by molar-refractivity contribution is 6.06. The molecule has 0 bridgehead atoms. The fraction of sp³-hybridized carbons (Fsp3) is 0.0345. The van der Waals surface area contributed by atoms with Crippen LogP contribution in [0.25, 0.3) is 28.0 Å². The van der Waals surface area contributed by atoms with Crippen molar-refractivity contribution < 1.29 is 20.1 Å². The van der Waals surface area contributed by atoms with Crippen molar-refractivity contribution in [2.24, 2.45) is 9.98 Å². The summed E-state index contributed by atoms with van der Waals surface area (Å²) in [6.45, 7) is 0. The lowest BCUT2D eigenvalue weighted by Gasteiger charge is -2.39. The van der Waals surface area contributed by atoms with E-state index in [2.05, 4.69) is 204 Å². The maximum absolute atomic E-state index is 6.95. The van der Waals surface area contributed by atoms with E-state index in [1.807, 2.05) is 24.3 Å². The number of fused-ring (bicyclic) bond motifs is 6. The summed E-state index contributed by atoms with van der Waals surface area (Å²) in [5.41, 5.74) is 15.8. The lowest BCUT2D eigenvalue weighted by Crippen LogP contribution is -2.94. The summed E-state index contributed by atoms with van der Waals surface area (Å²) >= 11 is 0. The second kappa shape index (κ2) is 15.2. The minimum Gasteiger partial charge on any atom is -0.452 e. The van der Waals surface area contributed by atoms with Gasteiger partial charge in [-0.05, 0) is 70.8 Å². The van der Waals surface area contributed by atoms with Crippen LogP contribution in [0.4, 0.5) is 22.7 Å². The Morgan fingerprint density at radius 1 is 0.462 bits per heavy atom. The van der Waals surface area contributed by atoms with Crippen molar-refractivity contribution in [3.63, 3.8) is 0 Å². The Bertz CT molecular complexity index is 3370. The summed E-state index contributed by atoms with van der Waals surface area (Å²) in [6.07, 6.45) is 8.66. The normalized spacial score (nSPS) is 17.3. The van der Waals surface area contributed by atoms with E-state index in [1.165, 1.54) is 39.0 Å². The van der Waals surface area contributed by atoms with Gasteiger partial charge in [0.15, 0.2) is 23.0 Å². The molecular formula is C58H41N5O2+2. The van der Waals surface area contributed by atoms with E-state index in [0.29, 0.717) is 0 Å². The summed E-state index contributed by atoms with van der Waals surface area (Å²) in [4.78, 5) is 13.1. The molecule has 0 fully saturated rings. The average Bonchev–Trinajstić information content (AvgIpc) is 3.38. The molecule has 0 saturated carbocycles. The molecular weight excluding hydrogens is 799 g/mol. The SMILES string of the molecule is C1=CC2=C(c3ccc(-c4ccccc4)cc3)N=C(c3cccc4c3Oc3cccc5c3N4c3cccc(C4=Nc6ccccc6C(c6ccc(-c7ccccc7)cc6)[NH2+]4)c3O5)[NH2+]C2C=C1. The third-order valence-corrected chi connectivity index (χ3v) is 13.0. The Balaban J connectivity index is 0.897. The Morgan fingerprint density at radius 2 is 1.02 bits per heavy atom. The first-order valence-electron chi connectivity index (χ1n) is 22.1. The monoisotopic (exact) mass is 839 g/mol. The Kier molecular flexibility index (Phi) is 8.69. The number of aliphatic imine (C=N–C) groups is 2. The molecule has 7 nitrogen and oxygen atoms in total. The molecule has 4 aliphatic heterocycles. The van der Waals surface area contributed by atoms with Crippen LogP contribution in [0.15, 0.2) is 228 Å². The molecule has 2 atom stereocenters. The van der Waals surface area contributed by atoms with Crippen LogP contribution in [-0.2, 0) is 0 Å².